The zero-order valence-corrected chi connectivity index (χ0v) is 12.0. The van der Waals surface area contributed by atoms with Crippen LogP contribution in [0.25, 0.3) is 0 Å². The van der Waals surface area contributed by atoms with Crippen LogP contribution in [0.4, 0.5) is 5.69 Å². The van der Waals surface area contributed by atoms with E-state index in [2.05, 4.69) is 66.2 Å². The maximum absolute atomic E-state index is 3.62. The summed E-state index contributed by atoms with van der Waals surface area (Å²) in [6.45, 7) is 0. The van der Waals surface area contributed by atoms with E-state index in [1.54, 1.807) is 11.8 Å². The Morgan fingerprint density at radius 2 is 1.63 bits per heavy atom. The zero-order valence-electron chi connectivity index (χ0n) is 11.2. The highest BCUT2D eigenvalue weighted by molar-refractivity contribution is 7.98. The van der Waals surface area contributed by atoms with Gasteiger partial charge in [-0.25, -0.2) is 0 Å². The fourth-order valence-electron chi connectivity index (χ4n) is 2.66. The molecule has 1 N–H and O–H groups in total. The Labute approximate surface area is 119 Å². The first kappa shape index (κ1) is 12.6. The van der Waals surface area contributed by atoms with E-state index in [9.17, 15) is 0 Å². The summed E-state index contributed by atoms with van der Waals surface area (Å²) in [6.07, 6.45) is 4.60. The lowest BCUT2D eigenvalue weighted by atomic mass is 9.76. The van der Waals surface area contributed by atoms with Crippen molar-refractivity contribution in [2.24, 2.45) is 0 Å². The maximum atomic E-state index is 3.62. The molecule has 0 aromatic heterocycles. The van der Waals surface area contributed by atoms with E-state index in [0.717, 1.165) is 5.92 Å². The maximum Gasteiger partial charge on any atom is 0.0343 e. The van der Waals surface area contributed by atoms with Gasteiger partial charge in [0.15, 0.2) is 0 Å². The molecule has 1 aliphatic rings. The van der Waals surface area contributed by atoms with Crippen molar-refractivity contribution in [2.75, 3.05) is 11.6 Å². The SMILES string of the molecule is CSc1ccc(NC2CC(c3ccccc3)C2)cc1. The van der Waals surface area contributed by atoms with Gasteiger partial charge in [-0.3, -0.25) is 0 Å². The Morgan fingerprint density at radius 1 is 0.947 bits per heavy atom. The van der Waals surface area contributed by atoms with Gasteiger partial charge in [-0.2, -0.15) is 0 Å². The number of hydrogen-bond acceptors (Lipinski definition) is 2. The predicted molar refractivity (Wildman–Crippen MR) is 84.1 cm³/mol. The van der Waals surface area contributed by atoms with Crippen LogP contribution in [0.1, 0.15) is 24.3 Å². The summed E-state index contributed by atoms with van der Waals surface area (Å²) >= 11 is 1.79. The molecule has 0 saturated heterocycles. The minimum atomic E-state index is 0.630. The van der Waals surface area contributed by atoms with Gasteiger partial charge in [0.1, 0.15) is 0 Å². The fraction of sp³-hybridized carbons (Fsp3) is 0.294. The van der Waals surface area contributed by atoms with Gasteiger partial charge in [0, 0.05) is 16.6 Å². The summed E-state index contributed by atoms with van der Waals surface area (Å²) in [7, 11) is 0. The van der Waals surface area contributed by atoms with E-state index in [0.29, 0.717) is 6.04 Å². The molecule has 2 aromatic rings. The molecule has 0 atom stereocenters. The standard InChI is InChI=1S/C17H19NS/c1-19-17-9-7-15(8-10-17)18-16-11-14(12-16)13-5-3-2-4-6-13/h2-10,14,16,18H,11-12H2,1H3. The highest BCUT2D eigenvalue weighted by Crippen LogP contribution is 2.38. The first-order valence-electron chi connectivity index (χ1n) is 6.80. The topological polar surface area (TPSA) is 12.0 Å². The minimum Gasteiger partial charge on any atom is -0.382 e. The second kappa shape index (κ2) is 5.70. The van der Waals surface area contributed by atoms with Crippen LogP contribution in [-0.2, 0) is 0 Å². The Bertz CT molecular complexity index is 515. The molecule has 0 spiro atoms. The van der Waals surface area contributed by atoms with Crippen LogP contribution in [0.5, 0.6) is 0 Å². The molecule has 1 nitrogen and oxygen atoms in total. The lowest BCUT2D eigenvalue weighted by Crippen LogP contribution is -2.33. The smallest absolute Gasteiger partial charge is 0.0343 e. The summed E-state index contributed by atoms with van der Waals surface area (Å²) in [5.74, 6) is 0.740. The third-order valence-electron chi connectivity index (χ3n) is 3.87. The molecule has 0 amide bonds. The number of anilines is 1. The summed E-state index contributed by atoms with van der Waals surface area (Å²) < 4.78 is 0. The molecule has 0 aliphatic heterocycles. The third-order valence-corrected chi connectivity index (χ3v) is 4.61. The van der Waals surface area contributed by atoms with E-state index in [1.165, 1.54) is 29.0 Å². The van der Waals surface area contributed by atoms with Crippen molar-refractivity contribution in [1.82, 2.24) is 0 Å². The number of hydrogen-bond donors (Lipinski definition) is 1. The van der Waals surface area contributed by atoms with Crippen LogP contribution in [0, 0.1) is 0 Å². The number of nitrogens with one attached hydrogen (secondary N) is 1. The fourth-order valence-corrected chi connectivity index (χ4v) is 3.06. The van der Waals surface area contributed by atoms with Gasteiger partial charge in [-0.05, 0) is 54.8 Å². The van der Waals surface area contributed by atoms with Crippen molar-refractivity contribution in [3.8, 4) is 0 Å². The second-order valence-corrected chi connectivity index (χ2v) is 6.03. The molecule has 0 radical (unpaired) electrons. The zero-order chi connectivity index (χ0) is 13.1. The Kier molecular flexibility index (Phi) is 3.79. The van der Waals surface area contributed by atoms with E-state index in [-0.39, 0.29) is 0 Å². The van der Waals surface area contributed by atoms with E-state index in [4.69, 9.17) is 0 Å². The molecule has 2 heteroatoms. The van der Waals surface area contributed by atoms with Crippen molar-refractivity contribution < 1.29 is 0 Å². The molecule has 0 heterocycles. The molecular formula is C17H19NS. The molecule has 2 aromatic carbocycles. The van der Waals surface area contributed by atoms with Crippen LogP contribution < -0.4 is 5.32 Å². The van der Waals surface area contributed by atoms with Crippen LogP contribution in [0.15, 0.2) is 59.5 Å². The first-order chi connectivity index (χ1) is 9.35. The highest BCUT2D eigenvalue weighted by atomic mass is 32.2. The Balaban J connectivity index is 1.53. The van der Waals surface area contributed by atoms with Crippen LogP contribution >= 0.6 is 11.8 Å². The van der Waals surface area contributed by atoms with Gasteiger partial charge >= 0.3 is 0 Å². The van der Waals surface area contributed by atoms with Crippen LogP contribution in [0.2, 0.25) is 0 Å². The second-order valence-electron chi connectivity index (χ2n) is 5.15. The lowest BCUT2D eigenvalue weighted by Gasteiger charge is -2.37. The van der Waals surface area contributed by atoms with Gasteiger partial charge in [-0.1, -0.05) is 30.3 Å². The molecule has 0 bridgehead atoms. The van der Waals surface area contributed by atoms with Crippen molar-refractivity contribution in [3.63, 3.8) is 0 Å². The van der Waals surface area contributed by atoms with E-state index in [1.807, 2.05) is 0 Å². The molecule has 0 unspecified atom stereocenters. The van der Waals surface area contributed by atoms with E-state index < -0.39 is 0 Å². The van der Waals surface area contributed by atoms with Crippen molar-refractivity contribution in [3.05, 3.63) is 60.2 Å². The summed E-state index contributed by atoms with van der Waals surface area (Å²) in [5.41, 5.74) is 2.73. The molecule has 1 aliphatic carbocycles. The third kappa shape index (κ3) is 2.95. The predicted octanol–water partition coefficient (Wildman–Crippen LogP) is 4.77. The highest BCUT2D eigenvalue weighted by Gasteiger charge is 2.29. The average molecular weight is 269 g/mol. The molecular weight excluding hydrogens is 250 g/mol. The van der Waals surface area contributed by atoms with Crippen molar-refractivity contribution >= 4 is 17.4 Å². The van der Waals surface area contributed by atoms with Crippen LogP contribution in [0.3, 0.4) is 0 Å². The average Bonchev–Trinajstić information content (AvgIpc) is 2.44. The van der Waals surface area contributed by atoms with Gasteiger partial charge in [0.25, 0.3) is 0 Å². The number of thioether (sulfide) groups is 1. The molecule has 1 fully saturated rings. The van der Waals surface area contributed by atoms with Crippen LogP contribution in [-0.4, -0.2) is 12.3 Å². The number of benzene rings is 2. The minimum absolute atomic E-state index is 0.630. The molecule has 19 heavy (non-hydrogen) atoms. The molecule has 1 saturated carbocycles. The lowest BCUT2D eigenvalue weighted by molar-refractivity contribution is 0.374. The molecule has 98 valence electrons. The number of rotatable bonds is 4. The first-order valence-corrected chi connectivity index (χ1v) is 8.03. The summed E-state index contributed by atoms with van der Waals surface area (Å²) in [5, 5.41) is 3.62. The Hall–Kier alpha value is -1.41. The normalized spacial score (nSPS) is 21.7. The summed E-state index contributed by atoms with van der Waals surface area (Å²) in [6, 6.07) is 20.2. The van der Waals surface area contributed by atoms with Gasteiger partial charge in [0.05, 0.1) is 0 Å². The van der Waals surface area contributed by atoms with E-state index >= 15 is 0 Å². The largest absolute Gasteiger partial charge is 0.382 e. The van der Waals surface area contributed by atoms with Gasteiger partial charge in [-0.15, -0.1) is 11.8 Å². The van der Waals surface area contributed by atoms with Crippen molar-refractivity contribution in [1.29, 1.82) is 0 Å². The summed E-state index contributed by atoms with van der Waals surface area (Å²) in [4.78, 5) is 1.32. The van der Waals surface area contributed by atoms with Crippen molar-refractivity contribution in [2.45, 2.75) is 29.7 Å². The van der Waals surface area contributed by atoms with Gasteiger partial charge in [0.2, 0.25) is 0 Å². The monoisotopic (exact) mass is 269 g/mol. The quantitative estimate of drug-likeness (QED) is 0.803. The Morgan fingerprint density at radius 3 is 2.26 bits per heavy atom. The van der Waals surface area contributed by atoms with Gasteiger partial charge < -0.3 is 5.32 Å². The molecule has 3 rings (SSSR count).